The molecule has 0 aliphatic rings. The topological polar surface area (TPSA) is 61.8 Å². The molecule has 0 saturated heterocycles. The molecule has 0 rings (SSSR count). The van der Waals surface area contributed by atoms with Crippen molar-refractivity contribution >= 4 is 24.0 Å². The van der Waals surface area contributed by atoms with Crippen molar-refractivity contribution in [1.29, 1.82) is 0 Å². The van der Waals surface area contributed by atoms with E-state index in [-0.39, 0.29) is 17.5 Å². The number of aldehydes is 1. The van der Waals surface area contributed by atoms with Crippen molar-refractivity contribution < 1.29 is 23.8 Å². The van der Waals surface area contributed by atoms with Gasteiger partial charge in [-0.2, -0.15) is 0 Å². The lowest BCUT2D eigenvalue weighted by atomic mass is 10.1. The summed E-state index contributed by atoms with van der Waals surface area (Å²) in [6, 6.07) is 0. The van der Waals surface area contributed by atoms with Gasteiger partial charge in [-0.3, -0.25) is 4.79 Å². The molecule has 0 aromatic heterocycles. The van der Waals surface area contributed by atoms with Gasteiger partial charge in [-0.25, -0.2) is 0 Å². The minimum absolute atomic E-state index is 0.0102. The molecule has 0 amide bonds. The van der Waals surface area contributed by atoms with Gasteiger partial charge in [0.25, 0.3) is 0 Å². The smallest absolute Gasteiger partial charge is 0.305 e. The van der Waals surface area contributed by atoms with Crippen molar-refractivity contribution in [1.82, 2.24) is 0 Å². The van der Waals surface area contributed by atoms with Crippen LogP contribution in [0.5, 0.6) is 0 Å². The Morgan fingerprint density at radius 3 is 2.27 bits per heavy atom. The third-order valence-electron chi connectivity index (χ3n) is 3.15. The summed E-state index contributed by atoms with van der Waals surface area (Å²) in [5, 5.41) is -0.0102. The van der Waals surface area contributed by atoms with Gasteiger partial charge < -0.3 is 19.0 Å². The van der Waals surface area contributed by atoms with Crippen molar-refractivity contribution in [3.05, 3.63) is 0 Å². The van der Waals surface area contributed by atoms with Gasteiger partial charge in [0.2, 0.25) is 0 Å². The van der Waals surface area contributed by atoms with Crippen LogP contribution in [-0.2, 0) is 23.8 Å². The van der Waals surface area contributed by atoms with Gasteiger partial charge in [-0.1, -0.05) is 19.3 Å². The van der Waals surface area contributed by atoms with Crippen LogP contribution in [0, 0.1) is 0 Å². The molecule has 130 valence electrons. The van der Waals surface area contributed by atoms with Crippen LogP contribution in [0.3, 0.4) is 0 Å². The fourth-order valence-corrected chi connectivity index (χ4v) is 2.99. The Morgan fingerprint density at radius 1 is 1.09 bits per heavy atom. The molecule has 0 fully saturated rings. The standard InChI is InChI=1S/C16H30O5S/c1-4-20-16(21-5-2)13-22-14(12-17)10-8-6-7-9-11-15(18)19-3/h12,14,16H,4-11,13H2,1-3H3. The summed E-state index contributed by atoms with van der Waals surface area (Å²) in [6.07, 6.45) is 5.97. The van der Waals surface area contributed by atoms with Crippen molar-refractivity contribution in [2.24, 2.45) is 0 Å². The first-order valence-electron chi connectivity index (χ1n) is 8.04. The number of unbranched alkanes of at least 4 members (excludes halogenated alkanes) is 3. The zero-order chi connectivity index (χ0) is 16.6. The fraction of sp³-hybridized carbons (Fsp3) is 0.875. The minimum Gasteiger partial charge on any atom is -0.469 e. The quantitative estimate of drug-likeness (QED) is 0.198. The van der Waals surface area contributed by atoms with Crippen molar-refractivity contribution in [3.63, 3.8) is 0 Å². The Hall–Kier alpha value is -0.590. The van der Waals surface area contributed by atoms with E-state index in [9.17, 15) is 9.59 Å². The zero-order valence-electron chi connectivity index (χ0n) is 14.0. The molecular formula is C16H30O5S. The number of methoxy groups -OCH3 is 1. The predicted octanol–water partition coefficient (Wildman–Crippen LogP) is 3.20. The largest absolute Gasteiger partial charge is 0.469 e. The minimum atomic E-state index is -0.234. The van der Waals surface area contributed by atoms with E-state index in [2.05, 4.69) is 4.74 Å². The van der Waals surface area contributed by atoms with E-state index in [1.165, 1.54) is 7.11 Å². The third-order valence-corrected chi connectivity index (χ3v) is 4.39. The number of esters is 1. The van der Waals surface area contributed by atoms with E-state index in [1.54, 1.807) is 11.8 Å². The summed E-state index contributed by atoms with van der Waals surface area (Å²) in [6.45, 7) is 5.08. The van der Waals surface area contributed by atoms with E-state index in [1.807, 2.05) is 13.8 Å². The van der Waals surface area contributed by atoms with Gasteiger partial charge in [0.15, 0.2) is 6.29 Å². The fourth-order valence-electron chi connectivity index (χ4n) is 1.98. The number of thioether (sulfide) groups is 1. The first kappa shape index (κ1) is 21.4. The number of rotatable bonds is 15. The summed E-state index contributed by atoms with van der Waals surface area (Å²) in [7, 11) is 1.41. The van der Waals surface area contributed by atoms with Crippen LogP contribution in [0.15, 0.2) is 0 Å². The monoisotopic (exact) mass is 334 g/mol. The molecule has 0 aromatic carbocycles. The molecule has 6 heteroatoms. The average Bonchev–Trinajstić information content (AvgIpc) is 2.53. The summed E-state index contributed by atoms with van der Waals surface area (Å²) in [4.78, 5) is 22.1. The average molecular weight is 334 g/mol. The van der Waals surface area contributed by atoms with Gasteiger partial charge in [-0.05, 0) is 26.7 Å². The zero-order valence-corrected chi connectivity index (χ0v) is 14.9. The molecule has 1 unspecified atom stereocenters. The van der Waals surface area contributed by atoms with Crippen LogP contribution in [0.25, 0.3) is 0 Å². The maximum absolute atomic E-state index is 11.1. The van der Waals surface area contributed by atoms with Gasteiger partial charge in [0.05, 0.1) is 12.4 Å². The Bertz CT molecular complexity index is 280. The molecule has 0 spiro atoms. The SMILES string of the molecule is CCOC(CSC(C=O)CCCCCCC(=O)OC)OCC. The maximum atomic E-state index is 11.1. The van der Waals surface area contributed by atoms with Crippen LogP contribution >= 0.6 is 11.8 Å². The van der Waals surface area contributed by atoms with Crippen molar-refractivity contribution in [2.45, 2.75) is 63.9 Å². The highest BCUT2D eigenvalue weighted by Gasteiger charge is 2.13. The first-order valence-corrected chi connectivity index (χ1v) is 9.09. The lowest BCUT2D eigenvalue weighted by Gasteiger charge is -2.18. The Kier molecular flexibility index (Phi) is 14.9. The number of ether oxygens (including phenoxy) is 3. The molecule has 0 radical (unpaired) electrons. The molecule has 0 heterocycles. The molecule has 0 N–H and O–H groups in total. The molecular weight excluding hydrogens is 304 g/mol. The lowest BCUT2D eigenvalue weighted by Crippen LogP contribution is -2.22. The number of carbonyl (C=O) groups excluding carboxylic acids is 2. The van der Waals surface area contributed by atoms with Gasteiger partial charge in [0, 0.05) is 25.4 Å². The molecule has 0 bridgehead atoms. The second-order valence-corrected chi connectivity index (χ2v) is 6.15. The van der Waals surface area contributed by atoms with Crippen molar-refractivity contribution in [2.75, 3.05) is 26.1 Å². The second kappa shape index (κ2) is 15.3. The lowest BCUT2D eigenvalue weighted by molar-refractivity contribution is -0.140. The summed E-state index contributed by atoms with van der Waals surface area (Å²) < 4.78 is 15.5. The first-order chi connectivity index (χ1) is 10.7. The molecule has 5 nitrogen and oxygen atoms in total. The number of hydrogen-bond donors (Lipinski definition) is 0. The highest BCUT2D eigenvalue weighted by molar-refractivity contribution is 8.00. The Morgan fingerprint density at radius 2 is 1.73 bits per heavy atom. The van der Waals surface area contributed by atoms with Crippen molar-refractivity contribution in [3.8, 4) is 0 Å². The maximum Gasteiger partial charge on any atom is 0.305 e. The third kappa shape index (κ3) is 12.0. The predicted molar refractivity (Wildman–Crippen MR) is 89.1 cm³/mol. The summed E-state index contributed by atoms with van der Waals surface area (Å²) >= 11 is 1.59. The van der Waals surface area contributed by atoms with Crippen LogP contribution in [0.2, 0.25) is 0 Å². The van der Waals surface area contributed by atoms with Crippen LogP contribution in [-0.4, -0.2) is 49.9 Å². The Labute approximate surface area is 138 Å². The number of carbonyl (C=O) groups is 2. The normalized spacial score (nSPS) is 12.4. The van der Waals surface area contributed by atoms with Gasteiger partial charge in [0.1, 0.15) is 6.29 Å². The summed E-state index contributed by atoms with van der Waals surface area (Å²) in [5.74, 6) is 0.521. The Balaban J connectivity index is 3.73. The molecule has 22 heavy (non-hydrogen) atoms. The second-order valence-electron chi connectivity index (χ2n) is 4.88. The van der Waals surface area contributed by atoms with E-state index in [4.69, 9.17) is 9.47 Å². The van der Waals surface area contributed by atoms with Crippen LogP contribution in [0.1, 0.15) is 52.4 Å². The van der Waals surface area contributed by atoms with E-state index in [0.717, 1.165) is 38.4 Å². The summed E-state index contributed by atoms with van der Waals surface area (Å²) in [5.41, 5.74) is 0. The van der Waals surface area contributed by atoms with Gasteiger partial charge in [-0.15, -0.1) is 11.8 Å². The van der Waals surface area contributed by atoms with E-state index in [0.29, 0.717) is 25.4 Å². The number of hydrogen-bond acceptors (Lipinski definition) is 6. The van der Waals surface area contributed by atoms with Gasteiger partial charge >= 0.3 is 5.97 Å². The van der Waals surface area contributed by atoms with E-state index < -0.39 is 0 Å². The van der Waals surface area contributed by atoms with Crippen LogP contribution < -0.4 is 0 Å². The highest BCUT2D eigenvalue weighted by atomic mass is 32.2. The molecule has 0 saturated carbocycles. The highest BCUT2D eigenvalue weighted by Crippen LogP contribution is 2.19. The molecule has 0 aromatic rings. The molecule has 0 aliphatic carbocycles. The molecule has 0 aliphatic heterocycles. The molecule has 1 atom stereocenters. The van der Waals surface area contributed by atoms with Crippen LogP contribution in [0.4, 0.5) is 0 Å². The van der Waals surface area contributed by atoms with E-state index >= 15 is 0 Å².